The van der Waals surface area contributed by atoms with Crippen LogP contribution in [-0.4, -0.2) is 34.1 Å². The van der Waals surface area contributed by atoms with Crippen molar-refractivity contribution in [2.75, 3.05) is 18.0 Å². The Labute approximate surface area is 100 Å². The van der Waals surface area contributed by atoms with Gasteiger partial charge in [0.2, 0.25) is 0 Å². The van der Waals surface area contributed by atoms with Crippen LogP contribution >= 0.6 is 0 Å². The molecule has 1 saturated heterocycles. The molecule has 2 heterocycles. The molecule has 1 aliphatic heterocycles. The van der Waals surface area contributed by atoms with Crippen LogP contribution in [0.5, 0.6) is 0 Å². The number of carbonyl (C=O) groups is 1. The second-order valence-electron chi connectivity index (χ2n) is 4.29. The highest BCUT2D eigenvalue weighted by molar-refractivity contribution is 5.90. The van der Waals surface area contributed by atoms with E-state index in [-0.39, 0.29) is 5.69 Å². The average molecular weight is 235 g/mol. The lowest BCUT2D eigenvalue weighted by atomic mass is 10.1. The standard InChI is InChI=1S/C12H17N3O2/c16-12(17)10-11(14-7-6-13-10)15-8-4-2-1-3-5-9-15/h6-7H,1-5,8-9H2,(H,16,17). The van der Waals surface area contributed by atoms with E-state index in [1.165, 1.54) is 25.5 Å². The zero-order chi connectivity index (χ0) is 12.1. The van der Waals surface area contributed by atoms with Gasteiger partial charge in [0.05, 0.1) is 0 Å². The topological polar surface area (TPSA) is 66.3 Å². The van der Waals surface area contributed by atoms with Crippen molar-refractivity contribution < 1.29 is 9.90 Å². The summed E-state index contributed by atoms with van der Waals surface area (Å²) in [7, 11) is 0. The van der Waals surface area contributed by atoms with E-state index in [9.17, 15) is 4.79 Å². The molecule has 2 rings (SSSR count). The fourth-order valence-corrected chi connectivity index (χ4v) is 2.17. The number of anilines is 1. The van der Waals surface area contributed by atoms with E-state index in [2.05, 4.69) is 14.9 Å². The van der Waals surface area contributed by atoms with Crippen LogP contribution in [0.3, 0.4) is 0 Å². The Balaban J connectivity index is 2.21. The first-order chi connectivity index (χ1) is 8.29. The summed E-state index contributed by atoms with van der Waals surface area (Å²) in [4.78, 5) is 21.2. The Morgan fingerprint density at radius 2 is 1.65 bits per heavy atom. The first-order valence-corrected chi connectivity index (χ1v) is 6.08. The molecule has 5 nitrogen and oxygen atoms in total. The Morgan fingerprint density at radius 1 is 1.06 bits per heavy atom. The Morgan fingerprint density at radius 3 is 2.29 bits per heavy atom. The molecule has 0 amide bonds. The number of aromatic carboxylic acids is 1. The SMILES string of the molecule is O=C(O)c1nccnc1N1CCCCCCC1. The molecule has 0 atom stereocenters. The maximum absolute atomic E-state index is 11.1. The number of aromatic nitrogens is 2. The van der Waals surface area contributed by atoms with Gasteiger partial charge in [-0.1, -0.05) is 19.3 Å². The Kier molecular flexibility index (Phi) is 3.90. The van der Waals surface area contributed by atoms with Crippen molar-refractivity contribution in [2.24, 2.45) is 0 Å². The van der Waals surface area contributed by atoms with E-state index in [0.29, 0.717) is 5.82 Å². The van der Waals surface area contributed by atoms with Gasteiger partial charge in [-0.25, -0.2) is 14.8 Å². The van der Waals surface area contributed by atoms with Gasteiger partial charge in [0, 0.05) is 25.5 Å². The molecule has 1 N–H and O–H groups in total. The third kappa shape index (κ3) is 2.93. The van der Waals surface area contributed by atoms with Crippen LogP contribution in [0.2, 0.25) is 0 Å². The zero-order valence-corrected chi connectivity index (χ0v) is 9.80. The molecule has 0 saturated carbocycles. The van der Waals surface area contributed by atoms with Crippen molar-refractivity contribution in [1.82, 2.24) is 9.97 Å². The lowest BCUT2D eigenvalue weighted by Crippen LogP contribution is -2.30. The molecule has 5 heteroatoms. The smallest absolute Gasteiger partial charge is 0.358 e. The number of hydrogen-bond acceptors (Lipinski definition) is 4. The minimum atomic E-state index is -1.00. The van der Waals surface area contributed by atoms with Crippen molar-refractivity contribution in [2.45, 2.75) is 32.1 Å². The van der Waals surface area contributed by atoms with Crippen LogP contribution in [0.4, 0.5) is 5.82 Å². The fraction of sp³-hybridized carbons (Fsp3) is 0.583. The second-order valence-corrected chi connectivity index (χ2v) is 4.29. The molecule has 92 valence electrons. The van der Waals surface area contributed by atoms with Crippen LogP contribution in [0.1, 0.15) is 42.6 Å². The minimum absolute atomic E-state index is 0.0630. The lowest BCUT2D eigenvalue weighted by molar-refractivity contribution is 0.0690. The van der Waals surface area contributed by atoms with Gasteiger partial charge in [-0.05, 0) is 12.8 Å². The minimum Gasteiger partial charge on any atom is -0.476 e. The largest absolute Gasteiger partial charge is 0.476 e. The molecule has 0 unspecified atom stereocenters. The molecule has 17 heavy (non-hydrogen) atoms. The lowest BCUT2D eigenvalue weighted by Gasteiger charge is -2.26. The van der Waals surface area contributed by atoms with E-state index < -0.39 is 5.97 Å². The van der Waals surface area contributed by atoms with Crippen LogP contribution < -0.4 is 4.90 Å². The summed E-state index contributed by atoms with van der Waals surface area (Å²) in [5.74, 6) is -0.489. The van der Waals surface area contributed by atoms with E-state index in [1.54, 1.807) is 6.20 Å². The summed E-state index contributed by atoms with van der Waals surface area (Å²) in [5.41, 5.74) is 0.0630. The number of nitrogens with zero attached hydrogens (tertiary/aromatic N) is 3. The summed E-state index contributed by atoms with van der Waals surface area (Å²) in [5, 5.41) is 9.09. The fourth-order valence-electron chi connectivity index (χ4n) is 2.17. The maximum atomic E-state index is 11.1. The molecule has 1 fully saturated rings. The third-order valence-electron chi connectivity index (χ3n) is 3.04. The van der Waals surface area contributed by atoms with Crippen LogP contribution in [0.25, 0.3) is 0 Å². The molecule has 1 aromatic rings. The van der Waals surface area contributed by atoms with Gasteiger partial charge in [0.1, 0.15) is 0 Å². The van der Waals surface area contributed by atoms with Gasteiger partial charge in [-0.15, -0.1) is 0 Å². The van der Waals surface area contributed by atoms with Crippen molar-refractivity contribution in [3.8, 4) is 0 Å². The van der Waals surface area contributed by atoms with Gasteiger partial charge in [-0.3, -0.25) is 0 Å². The van der Waals surface area contributed by atoms with E-state index in [1.807, 2.05) is 0 Å². The number of rotatable bonds is 2. The van der Waals surface area contributed by atoms with Gasteiger partial charge in [0.25, 0.3) is 0 Å². The molecule has 0 aliphatic carbocycles. The quantitative estimate of drug-likeness (QED) is 0.848. The average Bonchev–Trinajstić information content (AvgIpc) is 2.28. The van der Waals surface area contributed by atoms with Gasteiger partial charge < -0.3 is 10.0 Å². The van der Waals surface area contributed by atoms with E-state index in [4.69, 9.17) is 5.11 Å². The highest BCUT2D eigenvalue weighted by Crippen LogP contribution is 2.19. The molecule has 0 bridgehead atoms. The third-order valence-corrected chi connectivity index (χ3v) is 3.04. The first kappa shape index (κ1) is 11.8. The number of carboxylic acids is 1. The molecule has 0 radical (unpaired) electrons. The highest BCUT2D eigenvalue weighted by atomic mass is 16.4. The predicted molar refractivity (Wildman–Crippen MR) is 64.3 cm³/mol. The molecule has 1 aromatic heterocycles. The second kappa shape index (κ2) is 5.61. The molecular formula is C12H17N3O2. The Bertz CT molecular complexity index is 387. The van der Waals surface area contributed by atoms with Crippen molar-refractivity contribution in [3.05, 3.63) is 18.1 Å². The van der Waals surface area contributed by atoms with E-state index in [0.717, 1.165) is 25.9 Å². The molecule has 0 spiro atoms. The van der Waals surface area contributed by atoms with Crippen molar-refractivity contribution in [1.29, 1.82) is 0 Å². The monoisotopic (exact) mass is 235 g/mol. The summed E-state index contributed by atoms with van der Waals surface area (Å²) in [6.07, 6.45) is 8.86. The van der Waals surface area contributed by atoms with Crippen LogP contribution in [0, 0.1) is 0 Å². The summed E-state index contributed by atoms with van der Waals surface area (Å²) in [6, 6.07) is 0. The van der Waals surface area contributed by atoms with E-state index >= 15 is 0 Å². The predicted octanol–water partition coefficient (Wildman–Crippen LogP) is 1.95. The summed E-state index contributed by atoms with van der Waals surface area (Å²) < 4.78 is 0. The first-order valence-electron chi connectivity index (χ1n) is 6.08. The molecular weight excluding hydrogens is 218 g/mol. The molecule has 0 aromatic carbocycles. The maximum Gasteiger partial charge on any atom is 0.358 e. The van der Waals surface area contributed by atoms with Crippen molar-refractivity contribution >= 4 is 11.8 Å². The summed E-state index contributed by atoms with van der Waals surface area (Å²) in [6.45, 7) is 1.75. The van der Waals surface area contributed by atoms with Crippen LogP contribution in [-0.2, 0) is 0 Å². The van der Waals surface area contributed by atoms with Crippen LogP contribution in [0.15, 0.2) is 12.4 Å². The van der Waals surface area contributed by atoms with Gasteiger partial charge in [0.15, 0.2) is 11.5 Å². The van der Waals surface area contributed by atoms with Gasteiger partial charge in [-0.2, -0.15) is 0 Å². The van der Waals surface area contributed by atoms with Crippen molar-refractivity contribution in [3.63, 3.8) is 0 Å². The summed E-state index contributed by atoms with van der Waals surface area (Å²) >= 11 is 0. The number of carboxylic acid groups (broad SMARTS) is 1. The zero-order valence-electron chi connectivity index (χ0n) is 9.80. The number of hydrogen-bond donors (Lipinski definition) is 1. The normalized spacial score (nSPS) is 17.3. The Hall–Kier alpha value is -1.65. The molecule has 1 aliphatic rings. The van der Waals surface area contributed by atoms with Gasteiger partial charge >= 0.3 is 5.97 Å². The highest BCUT2D eigenvalue weighted by Gasteiger charge is 2.19.